The number of carbonyl (C=O) groups is 1. The molecule has 3 heteroatoms. The Morgan fingerprint density at radius 3 is 2.34 bits per heavy atom. The van der Waals surface area contributed by atoms with Crippen LogP contribution in [0.2, 0.25) is 0 Å². The molecule has 0 bridgehead atoms. The minimum atomic E-state index is -0.142. The molecule has 5 saturated carbocycles. The summed E-state index contributed by atoms with van der Waals surface area (Å²) in [5.74, 6) is 3.98. The van der Waals surface area contributed by atoms with Crippen LogP contribution in [0.3, 0.4) is 0 Å². The molecule has 0 spiro atoms. The average Bonchev–Trinajstić information content (AvgIpc) is 3.20. The van der Waals surface area contributed by atoms with Gasteiger partial charge < -0.3 is 10.4 Å². The predicted octanol–water partition coefficient (Wildman–Crippen LogP) is 6.34. The maximum absolute atomic E-state index is 13.4. The molecule has 2 N–H and O–H groups in total. The molecule has 0 aliphatic heterocycles. The van der Waals surface area contributed by atoms with E-state index in [1.54, 1.807) is 0 Å². The van der Waals surface area contributed by atoms with Crippen LogP contribution in [0.5, 0.6) is 0 Å². The zero-order valence-corrected chi connectivity index (χ0v) is 21.5. The molecule has 1 amide bonds. The number of nitrogens with one attached hydrogen (secondary N) is 1. The van der Waals surface area contributed by atoms with Gasteiger partial charge in [0.05, 0.1) is 11.5 Å². The van der Waals surface area contributed by atoms with Crippen molar-refractivity contribution in [2.75, 3.05) is 6.54 Å². The summed E-state index contributed by atoms with van der Waals surface area (Å²) in [5.41, 5.74) is 0.762. The smallest absolute Gasteiger partial charge is 0.226 e. The van der Waals surface area contributed by atoms with Crippen molar-refractivity contribution in [3.8, 4) is 0 Å². The summed E-state index contributed by atoms with van der Waals surface area (Å²) in [7, 11) is 0. The van der Waals surface area contributed by atoms with Gasteiger partial charge in [-0.3, -0.25) is 4.79 Å². The van der Waals surface area contributed by atoms with Gasteiger partial charge in [0.1, 0.15) is 0 Å². The number of carbonyl (C=O) groups excluding carboxylic acids is 1. The molecule has 3 nitrogen and oxygen atoms in total. The standard InChI is InChI=1S/C29H49NO2/c1-6-18-30-25(32)29-14-7-8-21(29)19-9-10-23-27(4,20(19)11-17-29)15-12-22-26(2,3)24(31)13-16-28(22,23)5/h19-24,31H,6-18H2,1-5H3,(H,30,32). The molecule has 5 aliphatic carbocycles. The number of hydrogen-bond acceptors (Lipinski definition) is 2. The highest BCUT2D eigenvalue weighted by Gasteiger charge is 2.66. The van der Waals surface area contributed by atoms with Crippen molar-refractivity contribution in [3.63, 3.8) is 0 Å². The summed E-state index contributed by atoms with van der Waals surface area (Å²) in [5, 5.41) is 14.2. The lowest BCUT2D eigenvalue weighted by Crippen LogP contribution is -2.63. The third-order valence-electron chi connectivity index (χ3n) is 12.5. The van der Waals surface area contributed by atoms with E-state index in [2.05, 4.69) is 39.9 Å². The molecule has 5 rings (SSSR count). The van der Waals surface area contributed by atoms with E-state index in [0.717, 1.165) is 50.0 Å². The van der Waals surface area contributed by atoms with Gasteiger partial charge in [0.15, 0.2) is 0 Å². The second kappa shape index (κ2) is 7.72. The number of fused-ring (bicyclic) bond motifs is 7. The maximum atomic E-state index is 13.4. The first-order valence-corrected chi connectivity index (χ1v) is 14.1. The van der Waals surface area contributed by atoms with Gasteiger partial charge in [0.25, 0.3) is 0 Å². The number of amides is 1. The SMILES string of the molecule is CCCNC(=O)C12CCCC1C1CCC3C(C)(CCC4C(C)(C)C(O)CCC43C)C1CC2. The second-order valence-electron chi connectivity index (χ2n) is 13.8. The Labute approximate surface area is 196 Å². The summed E-state index contributed by atoms with van der Waals surface area (Å²) in [6.07, 6.45) is 14.4. The summed E-state index contributed by atoms with van der Waals surface area (Å²) < 4.78 is 0. The molecule has 5 aliphatic rings. The molecule has 0 radical (unpaired) electrons. The van der Waals surface area contributed by atoms with Crippen LogP contribution in [0, 0.1) is 51.2 Å². The fourth-order valence-electron chi connectivity index (χ4n) is 11.0. The molecule has 5 fully saturated rings. The van der Waals surface area contributed by atoms with Crippen LogP contribution in [0.4, 0.5) is 0 Å². The van der Waals surface area contributed by atoms with Crippen LogP contribution in [0.15, 0.2) is 0 Å². The molecule has 0 aromatic rings. The lowest BCUT2D eigenvalue weighted by Gasteiger charge is -2.69. The summed E-state index contributed by atoms with van der Waals surface area (Å²) >= 11 is 0. The Balaban J connectivity index is 1.43. The van der Waals surface area contributed by atoms with E-state index >= 15 is 0 Å². The summed E-state index contributed by atoms with van der Waals surface area (Å²) in [6, 6.07) is 0. The minimum Gasteiger partial charge on any atom is -0.393 e. The normalized spacial score (nSPS) is 51.7. The Morgan fingerprint density at radius 1 is 0.844 bits per heavy atom. The zero-order valence-electron chi connectivity index (χ0n) is 21.5. The van der Waals surface area contributed by atoms with Crippen LogP contribution < -0.4 is 5.32 Å². The summed E-state index contributed by atoms with van der Waals surface area (Å²) in [4.78, 5) is 13.4. The van der Waals surface area contributed by atoms with Gasteiger partial charge in [-0.1, -0.05) is 41.0 Å². The van der Waals surface area contributed by atoms with Crippen LogP contribution >= 0.6 is 0 Å². The number of aliphatic hydroxyl groups is 1. The Hall–Kier alpha value is -0.570. The van der Waals surface area contributed by atoms with E-state index in [1.807, 2.05) is 0 Å². The molecule has 9 atom stereocenters. The molecular formula is C29H49NO2. The van der Waals surface area contributed by atoms with E-state index in [-0.39, 0.29) is 16.9 Å². The monoisotopic (exact) mass is 443 g/mol. The lowest BCUT2D eigenvalue weighted by atomic mass is 9.36. The quantitative estimate of drug-likeness (QED) is 0.535. The average molecular weight is 444 g/mol. The van der Waals surface area contributed by atoms with Crippen LogP contribution in [0.25, 0.3) is 0 Å². The number of hydrogen-bond donors (Lipinski definition) is 2. The predicted molar refractivity (Wildman–Crippen MR) is 130 cm³/mol. The molecule has 0 aromatic carbocycles. The van der Waals surface area contributed by atoms with E-state index < -0.39 is 0 Å². The first-order chi connectivity index (χ1) is 15.1. The molecule has 182 valence electrons. The highest BCUT2D eigenvalue weighted by molar-refractivity contribution is 5.83. The number of rotatable bonds is 3. The molecule has 9 unspecified atom stereocenters. The van der Waals surface area contributed by atoms with Crippen molar-refractivity contribution in [2.24, 2.45) is 51.2 Å². The molecule has 0 aromatic heterocycles. The largest absolute Gasteiger partial charge is 0.393 e. The fraction of sp³-hybridized carbons (Fsp3) is 0.966. The lowest BCUT2D eigenvalue weighted by molar-refractivity contribution is -0.214. The fourth-order valence-corrected chi connectivity index (χ4v) is 11.0. The molecule has 32 heavy (non-hydrogen) atoms. The molecule has 0 saturated heterocycles. The van der Waals surface area contributed by atoms with Crippen LogP contribution in [-0.4, -0.2) is 23.7 Å². The van der Waals surface area contributed by atoms with E-state index in [4.69, 9.17) is 0 Å². The zero-order chi connectivity index (χ0) is 22.9. The second-order valence-corrected chi connectivity index (χ2v) is 13.8. The van der Waals surface area contributed by atoms with Crippen molar-refractivity contribution >= 4 is 5.91 Å². The Kier molecular flexibility index (Phi) is 5.59. The van der Waals surface area contributed by atoms with Crippen molar-refractivity contribution in [1.82, 2.24) is 5.32 Å². The van der Waals surface area contributed by atoms with Gasteiger partial charge in [0.2, 0.25) is 5.91 Å². The first kappa shape index (κ1) is 23.2. The van der Waals surface area contributed by atoms with Gasteiger partial charge in [-0.2, -0.15) is 0 Å². The molecular weight excluding hydrogens is 394 g/mol. The Bertz CT molecular complexity index is 747. The van der Waals surface area contributed by atoms with Crippen LogP contribution in [-0.2, 0) is 4.79 Å². The number of aliphatic hydroxyl groups excluding tert-OH is 1. The van der Waals surface area contributed by atoms with Gasteiger partial charge in [-0.05, 0) is 116 Å². The van der Waals surface area contributed by atoms with Gasteiger partial charge in [-0.15, -0.1) is 0 Å². The van der Waals surface area contributed by atoms with Gasteiger partial charge in [-0.25, -0.2) is 0 Å². The minimum absolute atomic E-state index is 0.0374. The van der Waals surface area contributed by atoms with Gasteiger partial charge >= 0.3 is 0 Å². The maximum Gasteiger partial charge on any atom is 0.226 e. The first-order valence-electron chi connectivity index (χ1n) is 14.1. The van der Waals surface area contributed by atoms with E-state index in [0.29, 0.717) is 28.6 Å². The highest BCUT2D eigenvalue weighted by Crippen LogP contribution is 2.72. The van der Waals surface area contributed by atoms with Crippen molar-refractivity contribution in [2.45, 2.75) is 118 Å². The topological polar surface area (TPSA) is 49.3 Å². The van der Waals surface area contributed by atoms with Crippen molar-refractivity contribution in [3.05, 3.63) is 0 Å². The van der Waals surface area contributed by atoms with Gasteiger partial charge in [0, 0.05) is 6.54 Å². The highest BCUT2D eigenvalue weighted by atomic mass is 16.3. The molecule has 0 heterocycles. The van der Waals surface area contributed by atoms with E-state index in [1.165, 1.54) is 51.4 Å². The van der Waals surface area contributed by atoms with Crippen LogP contribution in [0.1, 0.15) is 112 Å². The third kappa shape index (κ3) is 2.97. The Morgan fingerprint density at radius 2 is 1.59 bits per heavy atom. The van der Waals surface area contributed by atoms with E-state index in [9.17, 15) is 9.90 Å². The van der Waals surface area contributed by atoms with Crippen molar-refractivity contribution in [1.29, 1.82) is 0 Å². The van der Waals surface area contributed by atoms with Crippen molar-refractivity contribution < 1.29 is 9.90 Å². The third-order valence-corrected chi connectivity index (χ3v) is 12.5. The summed E-state index contributed by atoms with van der Waals surface area (Å²) in [6.45, 7) is 12.9.